The van der Waals surface area contributed by atoms with Gasteiger partial charge in [0.1, 0.15) is 12.4 Å². The average Bonchev–Trinajstić information content (AvgIpc) is 3.32. The Bertz CT molecular complexity index is 1010. The molecule has 0 saturated carbocycles. The van der Waals surface area contributed by atoms with Crippen molar-refractivity contribution in [3.05, 3.63) is 83.7 Å². The van der Waals surface area contributed by atoms with Crippen LogP contribution >= 0.6 is 0 Å². The van der Waals surface area contributed by atoms with E-state index in [2.05, 4.69) is 20.3 Å². The van der Waals surface area contributed by atoms with Crippen molar-refractivity contribution >= 4 is 0 Å². The first kappa shape index (κ1) is 16.2. The molecule has 7 heteroatoms. The van der Waals surface area contributed by atoms with Gasteiger partial charge in [-0.1, -0.05) is 53.7 Å². The highest BCUT2D eigenvalue weighted by Crippen LogP contribution is 2.22. The fraction of sp³-hybridized carbons (Fsp3) is 0.158. The molecule has 1 unspecified atom stereocenters. The molecule has 0 bridgehead atoms. The van der Waals surface area contributed by atoms with Crippen LogP contribution in [-0.2, 0) is 6.54 Å². The number of hydrogen-bond donors (Lipinski definition) is 1. The Kier molecular flexibility index (Phi) is 4.28. The minimum Gasteiger partial charge on any atom is -0.380 e. The van der Waals surface area contributed by atoms with Gasteiger partial charge in [0, 0.05) is 5.56 Å². The minimum atomic E-state index is -0.874. The first-order chi connectivity index (χ1) is 12.7. The smallest absolute Gasteiger partial charge is 0.258 e. The van der Waals surface area contributed by atoms with Crippen LogP contribution in [0, 0.1) is 6.92 Å². The van der Waals surface area contributed by atoms with Crippen molar-refractivity contribution < 1.29 is 9.63 Å². The third-order valence-electron chi connectivity index (χ3n) is 4.16. The lowest BCUT2D eigenvalue weighted by Gasteiger charge is -2.11. The number of rotatable bonds is 5. The second-order valence-electron chi connectivity index (χ2n) is 5.96. The highest BCUT2D eigenvalue weighted by Gasteiger charge is 2.19. The molecule has 2 aromatic carbocycles. The predicted molar refractivity (Wildman–Crippen MR) is 94.1 cm³/mol. The molecule has 0 saturated heterocycles. The van der Waals surface area contributed by atoms with Crippen LogP contribution in [0.25, 0.3) is 11.5 Å². The molecule has 1 atom stereocenters. The maximum absolute atomic E-state index is 10.6. The van der Waals surface area contributed by atoms with E-state index >= 15 is 0 Å². The van der Waals surface area contributed by atoms with Crippen molar-refractivity contribution in [2.24, 2.45) is 0 Å². The van der Waals surface area contributed by atoms with Crippen molar-refractivity contribution in [1.29, 1.82) is 0 Å². The van der Waals surface area contributed by atoms with Crippen LogP contribution < -0.4 is 0 Å². The molecule has 26 heavy (non-hydrogen) atoms. The molecule has 0 amide bonds. The molecule has 7 nitrogen and oxygen atoms in total. The Labute approximate surface area is 150 Å². The highest BCUT2D eigenvalue weighted by molar-refractivity contribution is 5.57. The largest absolute Gasteiger partial charge is 0.380 e. The van der Waals surface area contributed by atoms with Gasteiger partial charge in [0.25, 0.3) is 5.89 Å². The first-order valence-corrected chi connectivity index (χ1v) is 8.21. The third kappa shape index (κ3) is 3.12. The second-order valence-corrected chi connectivity index (χ2v) is 5.96. The van der Waals surface area contributed by atoms with Crippen molar-refractivity contribution in [3.8, 4) is 11.5 Å². The van der Waals surface area contributed by atoms with Gasteiger partial charge in [-0.05, 0) is 24.1 Å². The molecule has 0 aliphatic heterocycles. The minimum absolute atomic E-state index is 0.307. The van der Waals surface area contributed by atoms with Crippen LogP contribution in [0.2, 0.25) is 0 Å². The lowest BCUT2D eigenvalue weighted by Crippen LogP contribution is -2.11. The van der Waals surface area contributed by atoms with E-state index in [1.807, 2.05) is 61.5 Å². The zero-order valence-corrected chi connectivity index (χ0v) is 14.1. The number of benzene rings is 2. The molecule has 0 spiro atoms. The summed E-state index contributed by atoms with van der Waals surface area (Å²) >= 11 is 0. The van der Waals surface area contributed by atoms with E-state index in [0.29, 0.717) is 24.1 Å². The molecule has 0 aliphatic carbocycles. The maximum Gasteiger partial charge on any atom is 0.258 e. The van der Waals surface area contributed by atoms with Crippen molar-refractivity contribution in [2.75, 3.05) is 0 Å². The summed E-state index contributed by atoms with van der Waals surface area (Å²) in [5.74, 6) is 1.39. The van der Waals surface area contributed by atoms with Gasteiger partial charge >= 0.3 is 0 Å². The SMILES string of the molecule is Cc1ccccc1-c1nc(Cn2cnnc2C(O)c2ccccc2)no1. The predicted octanol–water partition coefficient (Wildman–Crippen LogP) is 2.77. The third-order valence-corrected chi connectivity index (χ3v) is 4.16. The van der Waals surface area contributed by atoms with Gasteiger partial charge in [0.2, 0.25) is 0 Å². The highest BCUT2D eigenvalue weighted by atomic mass is 16.5. The molecule has 0 radical (unpaired) electrons. The molecule has 4 rings (SSSR count). The van der Waals surface area contributed by atoms with E-state index in [4.69, 9.17) is 4.52 Å². The van der Waals surface area contributed by atoms with E-state index in [9.17, 15) is 5.11 Å². The van der Waals surface area contributed by atoms with Crippen molar-refractivity contribution in [2.45, 2.75) is 19.6 Å². The van der Waals surface area contributed by atoms with Crippen molar-refractivity contribution in [3.63, 3.8) is 0 Å². The zero-order valence-electron chi connectivity index (χ0n) is 14.1. The molecule has 0 fully saturated rings. The Balaban J connectivity index is 1.58. The number of aryl methyl sites for hydroxylation is 1. The van der Waals surface area contributed by atoms with Gasteiger partial charge in [0.05, 0.1) is 6.54 Å². The maximum atomic E-state index is 10.6. The Hall–Kier alpha value is -3.32. The zero-order chi connectivity index (χ0) is 17.9. The van der Waals surface area contributed by atoms with Gasteiger partial charge in [-0.3, -0.25) is 0 Å². The molecule has 2 aromatic heterocycles. The summed E-state index contributed by atoms with van der Waals surface area (Å²) in [5.41, 5.74) is 2.71. The number of hydrogen-bond acceptors (Lipinski definition) is 6. The first-order valence-electron chi connectivity index (χ1n) is 8.21. The van der Waals surface area contributed by atoms with Crippen LogP contribution in [-0.4, -0.2) is 30.0 Å². The van der Waals surface area contributed by atoms with E-state index in [-0.39, 0.29) is 0 Å². The second kappa shape index (κ2) is 6.89. The standard InChI is InChI=1S/C19H17N5O2/c1-13-7-5-6-10-15(13)19-21-16(23-26-19)11-24-12-20-22-18(24)17(25)14-8-3-2-4-9-14/h2-10,12,17,25H,11H2,1H3. The quantitative estimate of drug-likeness (QED) is 0.597. The Morgan fingerprint density at radius 3 is 2.65 bits per heavy atom. The van der Waals surface area contributed by atoms with Crippen molar-refractivity contribution in [1.82, 2.24) is 24.9 Å². The van der Waals surface area contributed by atoms with Gasteiger partial charge in [0.15, 0.2) is 11.6 Å². The average molecular weight is 347 g/mol. The number of aliphatic hydroxyl groups excluding tert-OH is 1. The molecule has 130 valence electrons. The van der Waals surface area contributed by atoms with Gasteiger partial charge < -0.3 is 14.2 Å². The topological polar surface area (TPSA) is 89.9 Å². The number of aromatic nitrogens is 5. The lowest BCUT2D eigenvalue weighted by molar-refractivity contribution is 0.204. The summed E-state index contributed by atoms with van der Waals surface area (Å²) in [6.45, 7) is 2.30. The van der Waals surface area contributed by atoms with Crippen LogP contribution in [0.15, 0.2) is 65.4 Å². The summed E-state index contributed by atoms with van der Waals surface area (Å²) in [6, 6.07) is 17.1. The van der Waals surface area contributed by atoms with E-state index in [1.54, 1.807) is 10.9 Å². The summed E-state index contributed by atoms with van der Waals surface area (Å²) in [7, 11) is 0. The monoisotopic (exact) mass is 347 g/mol. The van der Waals surface area contributed by atoms with E-state index in [0.717, 1.165) is 16.7 Å². The molecular weight excluding hydrogens is 330 g/mol. The summed E-state index contributed by atoms with van der Waals surface area (Å²) in [4.78, 5) is 4.45. The van der Waals surface area contributed by atoms with Gasteiger partial charge in [-0.2, -0.15) is 4.98 Å². The molecule has 1 N–H and O–H groups in total. The van der Waals surface area contributed by atoms with Gasteiger partial charge in [-0.25, -0.2) is 0 Å². The number of nitrogens with zero attached hydrogens (tertiary/aromatic N) is 5. The number of aliphatic hydroxyl groups is 1. The summed E-state index contributed by atoms with van der Waals surface area (Å²) < 4.78 is 7.10. The van der Waals surface area contributed by atoms with E-state index < -0.39 is 6.10 Å². The summed E-state index contributed by atoms with van der Waals surface area (Å²) in [6.07, 6.45) is 0.673. The Morgan fingerprint density at radius 2 is 1.85 bits per heavy atom. The van der Waals surface area contributed by atoms with Crippen LogP contribution in [0.1, 0.15) is 28.9 Å². The van der Waals surface area contributed by atoms with Crippen LogP contribution in [0.3, 0.4) is 0 Å². The molecule has 2 heterocycles. The normalized spacial score (nSPS) is 12.2. The van der Waals surface area contributed by atoms with Gasteiger partial charge in [-0.15, -0.1) is 10.2 Å². The molecule has 4 aromatic rings. The summed E-state index contributed by atoms with van der Waals surface area (Å²) in [5, 5.41) is 22.6. The fourth-order valence-electron chi connectivity index (χ4n) is 2.77. The molecule has 0 aliphatic rings. The lowest BCUT2D eigenvalue weighted by atomic mass is 10.1. The van der Waals surface area contributed by atoms with E-state index in [1.165, 1.54) is 0 Å². The fourth-order valence-corrected chi connectivity index (χ4v) is 2.77. The van der Waals surface area contributed by atoms with Crippen LogP contribution in [0.4, 0.5) is 0 Å². The molecular formula is C19H17N5O2. The van der Waals surface area contributed by atoms with Crippen LogP contribution in [0.5, 0.6) is 0 Å². The Morgan fingerprint density at radius 1 is 1.08 bits per heavy atom.